The van der Waals surface area contributed by atoms with E-state index in [0.29, 0.717) is 6.61 Å². The van der Waals surface area contributed by atoms with Crippen molar-refractivity contribution in [3.05, 3.63) is 24.0 Å². The summed E-state index contributed by atoms with van der Waals surface area (Å²) in [4.78, 5) is 4.18. The van der Waals surface area contributed by atoms with E-state index in [1.165, 1.54) is 0 Å². The minimum Gasteiger partial charge on any atom is -0.492 e. The van der Waals surface area contributed by atoms with Crippen LogP contribution in [0.15, 0.2) is 18.5 Å². The highest BCUT2D eigenvalue weighted by Gasteiger charge is 2.31. The summed E-state index contributed by atoms with van der Waals surface area (Å²) in [6, 6.07) is 1.73. The highest BCUT2D eigenvalue weighted by molar-refractivity contribution is 5.27. The van der Waals surface area contributed by atoms with Crippen LogP contribution in [0.1, 0.15) is 45.2 Å². The summed E-state index contributed by atoms with van der Waals surface area (Å²) in [6.07, 6.45) is 5.30. The van der Waals surface area contributed by atoms with Crippen molar-refractivity contribution in [3.63, 3.8) is 0 Å². The average molecular weight is 252 g/mol. The minimum atomic E-state index is -0.384. The third-order valence-corrected chi connectivity index (χ3v) is 3.39. The molecule has 2 unspecified atom stereocenters. The van der Waals surface area contributed by atoms with Gasteiger partial charge in [0.25, 0.3) is 0 Å². The predicted octanol–water partition coefficient (Wildman–Crippen LogP) is 2.69. The molecule has 0 aromatic carbocycles. The second-order valence-electron chi connectivity index (χ2n) is 4.65. The van der Waals surface area contributed by atoms with Crippen LogP contribution in [-0.2, 0) is 4.74 Å². The van der Waals surface area contributed by atoms with Gasteiger partial charge in [-0.25, -0.2) is 0 Å². The lowest BCUT2D eigenvalue weighted by Crippen LogP contribution is -2.39. The first-order valence-electron chi connectivity index (χ1n) is 6.45. The molecule has 0 fully saturated rings. The van der Waals surface area contributed by atoms with Crippen LogP contribution >= 0.6 is 0 Å². The van der Waals surface area contributed by atoms with Crippen LogP contribution in [0, 0.1) is 0 Å². The summed E-state index contributed by atoms with van der Waals surface area (Å²) in [5.41, 5.74) is 6.83. The predicted molar refractivity (Wildman–Crippen MR) is 72.7 cm³/mol. The molecule has 2 atom stereocenters. The van der Waals surface area contributed by atoms with E-state index < -0.39 is 0 Å². The highest BCUT2D eigenvalue weighted by atomic mass is 16.5. The van der Waals surface area contributed by atoms with Gasteiger partial charge in [-0.05, 0) is 31.4 Å². The topological polar surface area (TPSA) is 57.4 Å². The Bertz CT molecular complexity index is 365. The highest BCUT2D eigenvalue weighted by Crippen LogP contribution is 2.30. The van der Waals surface area contributed by atoms with Gasteiger partial charge in [0, 0.05) is 13.3 Å². The van der Waals surface area contributed by atoms with Crippen LogP contribution < -0.4 is 10.5 Å². The van der Waals surface area contributed by atoms with E-state index in [1.54, 1.807) is 19.5 Å². The number of hydrogen-bond donors (Lipinski definition) is 1. The molecule has 4 heteroatoms. The molecule has 0 spiro atoms. The van der Waals surface area contributed by atoms with Crippen LogP contribution in [0.2, 0.25) is 0 Å². The van der Waals surface area contributed by atoms with E-state index in [2.05, 4.69) is 18.8 Å². The molecule has 0 saturated heterocycles. The monoisotopic (exact) mass is 252 g/mol. The number of nitrogens with two attached hydrogens (primary N) is 1. The lowest BCUT2D eigenvalue weighted by Gasteiger charge is -2.33. The lowest BCUT2D eigenvalue weighted by atomic mass is 9.89. The van der Waals surface area contributed by atoms with Gasteiger partial charge < -0.3 is 15.2 Å². The molecule has 1 aromatic rings. The molecule has 0 aliphatic heterocycles. The Balaban J connectivity index is 2.88. The molecule has 1 rings (SSSR count). The number of ether oxygens (including phenoxy) is 2. The molecule has 0 saturated carbocycles. The Kier molecular flexibility index (Phi) is 5.56. The SMILES string of the molecule is CCCOc1cncc(C(N)C(C)(CC)OC)c1. The smallest absolute Gasteiger partial charge is 0.137 e. The molecule has 0 amide bonds. The Morgan fingerprint density at radius 3 is 2.67 bits per heavy atom. The Morgan fingerprint density at radius 2 is 2.11 bits per heavy atom. The third-order valence-electron chi connectivity index (χ3n) is 3.39. The second-order valence-corrected chi connectivity index (χ2v) is 4.65. The quantitative estimate of drug-likeness (QED) is 0.810. The van der Waals surface area contributed by atoms with Crippen LogP contribution in [-0.4, -0.2) is 24.3 Å². The summed E-state index contributed by atoms with van der Waals surface area (Å²) in [5.74, 6) is 0.763. The molecule has 0 aliphatic carbocycles. The molecular formula is C14H24N2O2. The Labute approximate surface area is 110 Å². The molecule has 102 valence electrons. The van der Waals surface area contributed by atoms with Gasteiger partial charge in [0.2, 0.25) is 0 Å². The van der Waals surface area contributed by atoms with Gasteiger partial charge in [0.1, 0.15) is 5.75 Å². The summed E-state index contributed by atoms with van der Waals surface area (Å²) in [7, 11) is 1.69. The number of rotatable bonds is 7. The van der Waals surface area contributed by atoms with Crippen molar-refractivity contribution < 1.29 is 9.47 Å². The summed E-state index contributed by atoms with van der Waals surface area (Å²) in [5, 5.41) is 0. The zero-order chi connectivity index (χ0) is 13.6. The van der Waals surface area contributed by atoms with Gasteiger partial charge in [-0.15, -0.1) is 0 Å². The number of aromatic nitrogens is 1. The molecular weight excluding hydrogens is 228 g/mol. The average Bonchev–Trinajstić information content (AvgIpc) is 2.43. The maximum Gasteiger partial charge on any atom is 0.137 e. The number of pyridine rings is 1. The lowest BCUT2D eigenvalue weighted by molar-refractivity contribution is -0.0195. The summed E-state index contributed by atoms with van der Waals surface area (Å²) < 4.78 is 11.1. The molecule has 1 aromatic heterocycles. The van der Waals surface area contributed by atoms with E-state index in [-0.39, 0.29) is 11.6 Å². The number of methoxy groups -OCH3 is 1. The third kappa shape index (κ3) is 3.43. The standard InChI is InChI=1S/C14H24N2O2/c1-5-7-18-12-8-11(9-16-10-12)13(15)14(3,6-2)17-4/h8-10,13H,5-7,15H2,1-4H3. The van der Waals surface area contributed by atoms with Gasteiger partial charge in [-0.3, -0.25) is 4.98 Å². The second kappa shape index (κ2) is 6.71. The molecule has 0 radical (unpaired) electrons. The minimum absolute atomic E-state index is 0.217. The largest absolute Gasteiger partial charge is 0.492 e. The van der Waals surface area contributed by atoms with E-state index >= 15 is 0 Å². The first-order valence-corrected chi connectivity index (χ1v) is 6.45. The number of hydrogen-bond acceptors (Lipinski definition) is 4. The van der Waals surface area contributed by atoms with Gasteiger partial charge in [-0.2, -0.15) is 0 Å². The first kappa shape index (κ1) is 14.9. The van der Waals surface area contributed by atoms with Crippen molar-refractivity contribution in [2.24, 2.45) is 5.73 Å². The molecule has 2 N–H and O–H groups in total. The zero-order valence-electron chi connectivity index (χ0n) is 11.8. The summed E-state index contributed by atoms with van der Waals surface area (Å²) >= 11 is 0. The van der Waals surface area contributed by atoms with Gasteiger partial charge >= 0.3 is 0 Å². The molecule has 1 heterocycles. The van der Waals surface area contributed by atoms with Crippen molar-refractivity contribution in [1.82, 2.24) is 4.98 Å². The normalized spacial score (nSPS) is 16.1. The maximum atomic E-state index is 6.27. The molecule has 4 nitrogen and oxygen atoms in total. The van der Waals surface area contributed by atoms with Crippen molar-refractivity contribution in [2.75, 3.05) is 13.7 Å². The van der Waals surface area contributed by atoms with Crippen molar-refractivity contribution in [1.29, 1.82) is 0 Å². The zero-order valence-corrected chi connectivity index (χ0v) is 11.8. The van der Waals surface area contributed by atoms with E-state index in [9.17, 15) is 0 Å². The fraction of sp³-hybridized carbons (Fsp3) is 0.643. The van der Waals surface area contributed by atoms with Crippen molar-refractivity contribution in [3.8, 4) is 5.75 Å². The van der Waals surface area contributed by atoms with Gasteiger partial charge in [0.15, 0.2) is 0 Å². The fourth-order valence-electron chi connectivity index (χ4n) is 1.75. The summed E-state index contributed by atoms with van der Waals surface area (Å²) in [6.45, 7) is 6.84. The van der Waals surface area contributed by atoms with Crippen molar-refractivity contribution in [2.45, 2.75) is 45.3 Å². The van der Waals surface area contributed by atoms with Crippen LogP contribution in [0.3, 0.4) is 0 Å². The van der Waals surface area contributed by atoms with E-state index in [1.807, 2.05) is 13.0 Å². The van der Waals surface area contributed by atoms with E-state index in [0.717, 1.165) is 24.2 Å². The first-order chi connectivity index (χ1) is 8.57. The van der Waals surface area contributed by atoms with Crippen LogP contribution in [0.4, 0.5) is 0 Å². The van der Waals surface area contributed by atoms with E-state index in [4.69, 9.17) is 15.2 Å². The van der Waals surface area contributed by atoms with Crippen molar-refractivity contribution >= 4 is 0 Å². The van der Waals surface area contributed by atoms with Crippen LogP contribution in [0.5, 0.6) is 5.75 Å². The Hall–Kier alpha value is -1.13. The number of nitrogens with zero attached hydrogens (tertiary/aromatic N) is 1. The Morgan fingerprint density at radius 1 is 1.39 bits per heavy atom. The van der Waals surface area contributed by atoms with Gasteiger partial charge in [-0.1, -0.05) is 13.8 Å². The fourth-order valence-corrected chi connectivity index (χ4v) is 1.75. The molecule has 0 bridgehead atoms. The van der Waals surface area contributed by atoms with Gasteiger partial charge in [0.05, 0.1) is 24.4 Å². The maximum absolute atomic E-state index is 6.27. The molecule has 18 heavy (non-hydrogen) atoms. The molecule has 0 aliphatic rings. The van der Waals surface area contributed by atoms with Crippen LogP contribution in [0.25, 0.3) is 0 Å².